The second-order valence-corrected chi connectivity index (χ2v) is 8.85. The topological polar surface area (TPSA) is 63.4 Å². The highest BCUT2D eigenvalue weighted by Gasteiger charge is 2.36. The normalized spacial score (nSPS) is 21.8. The van der Waals surface area contributed by atoms with Crippen molar-refractivity contribution in [2.24, 2.45) is 17.1 Å². The highest BCUT2D eigenvalue weighted by molar-refractivity contribution is 7.92. The Balaban J connectivity index is 2.72. The molecule has 0 amide bonds. The molecule has 0 aromatic rings. The average molecular weight is 292 g/mol. The first kappa shape index (κ1) is 15.9. The van der Waals surface area contributed by atoms with Crippen molar-refractivity contribution < 1.29 is 8.42 Å². The molecule has 1 atom stereocenters. The van der Waals surface area contributed by atoms with Crippen molar-refractivity contribution in [1.29, 1.82) is 0 Å². The minimum Gasteiger partial charge on any atom is -0.392 e. The first-order valence-electron chi connectivity index (χ1n) is 6.35. The van der Waals surface area contributed by atoms with Gasteiger partial charge in [0.25, 0.3) is 0 Å². The predicted molar refractivity (Wildman–Crippen MR) is 78.9 cm³/mol. The van der Waals surface area contributed by atoms with Gasteiger partial charge >= 0.3 is 0 Å². The fourth-order valence-electron chi connectivity index (χ4n) is 2.35. The molecule has 0 radical (unpaired) electrons. The van der Waals surface area contributed by atoms with Gasteiger partial charge in [-0.1, -0.05) is 33.0 Å². The molecule has 0 saturated carbocycles. The Bertz CT molecular complexity index is 404. The Morgan fingerprint density at radius 3 is 2.11 bits per heavy atom. The van der Waals surface area contributed by atoms with Crippen molar-refractivity contribution in [2.45, 2.75) is 45.8 Å². The molecule has 1 rings (SSSR count). The molecule has 1 fully saturated rings. The fourth-order valence-corrected chi connectivity index (χ4v) is 4.17. The van der Waals surface area contributed by atoms with Crippen molar-refractivity contribution >= 4 is 27.2 Å². The van der Waals surface area contributed by atoms with E-state index in [1.54, 1.807) is 11.2 Å². The van der Waals surface area contributed by atoms with E-state index in [1.807, 2.05) is 0 Å². The number of nitrogens with two attached hydrogens (primary N) is 1. The zero-order valence-corrected chi connectivity index (χ0v) is 13.3. The number of piperidine rings is 1. The van der Waals surface area contributed by atoms with Crippen LogP contribution in [0.5, 0.6) is 0 Å². The van der Waals surface area contributed by atoms with Gasteiger partial charge in [0.15, 0.2) is 0 Å². The monoisotopic (exact) mass is 292 g/mol. The molecular weight excluding hydrogens is 268 g/mol. The van der Waals surface area contributed by atoms with Gasteiger partial charge in [0, 0.05) is 13.1 Å². The second kappa shape index (κ2) is 5.43. The third kappa shape index (κ3) is 3.42. The predicted octanol–water partition coefficient (Wildman–Crippen LogP) is 1.75. The van der Waals surface area contributed by atoms with Crippen molar-refractivity contribution in [3.63, 3.8) is 0 Å². The molecule has 6 heteroatoms. The van der Waals surface area contributed by atoms with Crippen LogP contribution in [0.2, 0.25) is 0 Å². The number of hydrogen-bond acceptors (Lipinski definition) is 3. The number of sulfonamides is 1. The molecule has 1 saturated heterocycles. The Kier molecular flexibility index (Phi) is 4.78. The third-order valence-electron chi connectivity index (χ3n) is 3.89. The van der Waals surface area contributed by atoms with Gasteiger partial charge in [-0.25, -0.2) is 12.7 Å². The van der Waals surface area contributed by atoms with Gasteiger partial charge in [-0.2, -0.15) is 0 Å². The zero-order chi connectivity index (χ0) is 14.1. The van der Waals surface area contributed by atoms with Crippen LogP contribution in [0.1, 0.15) is 40.5 Å². The maximum Gasteiger partial charge on any atom is 0.223 e. The summed E-state index contributed by atoms with van der Waals surface area (Å²) in [7, 11) is -3.36. The van der Waals surface area contributed by atoms with E-state index in [-0.39, 0.29) is 10.4 Å². The number of thiocarbonyl (C=S) groups is 1. The molecule has 1 heterocycles. The lowest BCUT2D eigenvalue weighted by atomic mass is 9.76. The van der Waals surface area contributed by atoms with Gasteiger partial charge in [0.05, 0.1) is 4.99 Å². The summed E-state index contributed by atoms with van der Waals surface area (Å²) < 4.78 is 26.0. The molecule has 0 bridgehead atoms. The highest BCUT2D eigenvalue weighted by atomic mass is 32.2. The molecular formula is C12H24N2O2S2. The number of hydrogen-bond donors (Lipinski definition) is 1. The van der Waals surface area contributed by atoms with Gasteiger partial charge in [-0.05, 0) is 31.1 Å². The molecule has 0 spiro atoms. The van der Waals surface area contributed by atoms with Crippen LogP contribution in [0, 0.1) is 11.3 Å². The summed E-state index contributed by atoms with van der Waals surface area (Å²) in [5.41, 5.74) is 5.69. The van der Waals surface area contributed by atoms with E-state index in [4.69, 9.17) is 18.0 Å². The van der Waals surface area contributed by atoms with Crippen molar-refractivity contribution in [3.8, 4) is 0 Å². The maximum absolute atomic E-state index is 12.2. The summed E-state index contributed by atoms with van der Waals surface area (Å²) in [6.07, 6.45) is 1.82. The van der Waals surface area contributed by atoms with Crippen LogP contribution in [0.3, 0.4) is 0 Å². The van der Waals surface area contributed by atoms with Crippen LogP contribution < -0.4 is 5.73 Å². The molecule has 0 aromatic carbocycles. The van der Waals surface area contributed by atoms with Gasteiger partial charge in [-0.15, -0.1) is 0 Å². The SMILES string of the molecule is CC(C(N)=S)S(=O)(=O)N1CCC(C(C)(C)C)CC1. The van der Waals surface area contributed by atoms with Crippen LogP contribution in [-0.4, -0.2) is 36.1 Å². The second-order valence-electron chi connectivity index (χ2n) is 6.13. The summed E-state index contributed by atoms with van der Waals surface area (Å²) >= 11 is 4.79. The summed E-state index contributed by atoms with van der Waals surface area (Å²) in [4.78, 5) is 0.0490. The summed E-state index contributed by atoms with van der Waals surface area (Å²) in [5, 5.41) is -0.765. The van der Waals surface area contributed by atoms with E-state index in [0.29, 0.717) is 19.0 Å². The van der Waals surface area contributed by atoms with E-state index in [0.717, 1.165) is 12.8 Å². The lowest BCUT2D eigenvalue weighted by Crippen LogP contribution is -2.47. The van der Waals surface area contributed by atoms with Gasteiger partial charge in [-0.3, -0.25) is 0 Å². The molecule has 1 aliphatic rings. The Hall–Kier alpha value is -0.200. The quantitative estimate of drug-likeness (QED) is 0.805. The molecule has 0 aliphatic carbocycles. The molecule has 106 valence electrons. The molecule has 1 unspecified atom stereocenters. The lowest BCUT2D eigenvalue weighted by Gasteiger charge is -2.38. The van der Waals surface area contributed by atoms with Crippen LogP contribution in [0.25, 0.3) is 0 Å². The van der Waals surface area contributed by atoms with Crippen molar-refractivity contribution in [3.05, 3.63) is 0 Å². The molecule has 1 aliphatic heterocycles. The lowest BCUT2D eigenvalue weighted by molar-refractivity contribution is 0.154. The van der Waals surface area contributed by atoms with Crippen molar-refractivity contribution in [2.75, 3.05) is 13.1 Å². The Morgan fingerprint density at radius 2 is 1.78 bits per heavy atom. The highest BCUT2D eigenvalue weighted by Crippen LogP contribution is 2.35. The molecule has 0 aromatic heterocycles. The van der Waals surface area contributed by atoms with E-state index >= 15 is 0 Å². The first-order valence-corrected chi connectivity index (χ1v) is 8.26. The molecule has 2 N–H and O–H groups in total. The largest absolute Gasteiger partial charge is 0.392 e. The number of nitrogens with zero attached hydrogens (tertiary/aromatic N) is 1. The standard InChI is InChI=1S/C12H24N2O2S2/c1-9(11(13)17)18(15,16)14-7-5-10(6-8-14)12(2,3)4/h9-10H,5-8H2,1-4H3,(H2,13,17). The smallest absolute Gasteiger partial charge is 0.223 e. The van der Waals surface area contributed by atoms with E-state index in [1.165, 1.54) is 0 Å². The van der Waals surface area contributed by atoms with Crippen LogP contribution >= 0.6 is 12.2 Å². The van der Waals surface area contributed by atoms with E-state index < -0.39 is 15.3 Å². The van der Waals surface area contributed by atoms with Gasteiger partial charge in [0.1, 0.15) is 5.25 Å². The van der Waals surface area contributed by atoms with Crippen LogP contribution in [0.15, 0.2) is 0 Å². The minimum absolute atomic E-state index is 0.0490. The van der Waals surface area contributed by atoms with Crippen molar-refractivity contribution in [1.82, 2.24) is 4.31 Å². The molecule has 4 nitrogen and oxygen atoms in total. The summed E-state index contributed by atoms with van der Waals surface area (Å²) in [6.45, 7) is 9.35. The fraction of sp³-hybridized carbons (Fsp3) is 0.917. The Labute approximate surface area is 116 Å². The van der Waals surface area contributed by atoms with E-state index in [9.17, 15) is 8.42 Å². The summed E-state index contributed by atoms with van der Waals surface area (Å²) in [5.74, 6) is 0.573. The zero-order valence-electron chi connectivity index (χ0n) is 11.6. The van der Waals surface area contributed by atoms with Gasteiger partial charge < -0.3 is 5.73 Å². The van der Waals surface area contributed by atoms with Crippen LogP contribution in [0.4, 0.5) is 0 Å². The third-order valence-corrected chi connectivity index (χ3v) is 6.62. The maximum atomic E-state index is 12.2. The molecule has 18 heavy (non-hydrogen) atoms. The summed E-state index contributed by atoms with van der Waals surface area (Å²) in [6, 6.07) is 0. The first-order chi connectivity index (χ1) is 8.06. The Morgan fingerprint density at radius 1 is 1.33 bits per heavy atom. The average Bonchev–Trinajstić information content (AvgIpc) is 2.26. The van der Waals surface area contributed by atoms with E-state index in [2.05, 4.69) is 20.8 Å². The number of rotatable bonds is 3. The minimum atomic E-state index is -3.36. The van der Waals surface area contributed by atoms with Gasteiger partial charge in [0.2, 0.25) is 10.0 Å². The van der Waals surface area contributed by atoms with Crippen LogP contribution in [-0.2, 0) is 10.0 Å².